The van der Waals surface area contributed by atoms with Gasteiger partial charge in [0.05, 0.1) is 101 Å². The zero-order chi connectivity index (χ0) is 43.2. The number of nitrogens with zero attached hydrogens (tertiary/aromatic N) is 2. The van der Waals surface area contributed by atoms with E-state index in [0.717, 1.165) is 24.8 Å². The van der Waals surface area contributed by atoms with Crippen LogP contribution >= 0.6 is 0 Å². The predicted molar refractivity (Wildman–Crippen MR) is 234 cm³/mol. The third-order valence-electron chi connectivity index (χ3n) is 12.3. The largest absolute Gasteiger partial charge is 0.502 e. The van der Waals surface area contributed by atoms with Gasteiger partial charge in [0.1, 0.15) is 0 Å². The van der Waals surface area contributed by atoms with Crippen LogP contribution in [-0.2, 0) is 47.6 Å². The highest BCUT2D eigenvalue weighted by Gasteiger charge is 2.60. The van der Waals surface area contributed by atoms with Crippen molar-refractivity contribution in [3.63, 3.8) is 0 Å². The molecule has 4 aliphatic heterocycles. The lowest BCUT2D eigenvalue weighted by molar-refractivity contribution is -0.145. The number of unbranched alkanes of at least 4 members (excludes halogenated alkanes) is 13. The van der Waals surface area contributed by atoms with Crippen LogP contribution in [0.25, 0.3) is 6.08 Å². The number of benzene rings is 1. The van der Waals surface area contributed by atoms with Crippen molar-refractivity contribution in [1.82, 2.24) is 9.80 Å². The van der Waals surface area contributed by atoms with E-state index in [2.05, 4.69) is 6.92 Å². The number of ether oxygens (including phenoxy) is 6. The van der Waals surface area contributed by atoms with Crippen molar-refractivity contribution in [3.05, 3.63) is 66.5 Å². The number of hydrogen-bond acceptors (Lipinski definition) is 10. The summed E-state index contributed by atoms with van der Waals surface area (Å²) in [4.78, 5) is 58.4. The molecule has 4 heterocycles. The number of likely N-dealkylation sites (tertiary alicyclic amines) is 2. The third kappa shape index (κ3) is 13.9. The Kier molecular flexibility index (Phi) is 21.2. The summed E-state index contributed by atoms with van der Waals surface area (Å²) in [7, 11) is 1.61. The zero-order valence-electron chi connectivity index (χ0n) is 37.0. The van der Waals surface area contributed by atoms with Gasteiger partial charge in [-0.2, -0.15) is 0 Å². The minimum atomic E-state index is -0.768. The molecular weight excluding hydrogens is 777 g/mol. The first-order valence-electron chi connectivity index (χ1n) is 23.3. The van der Waals surface area contributed by atoms with Gasteiger partial charge in [-0.05, 0) is 25.0 Å². The number of carbonyl (C=O) groups excluding carboxylic acids is 4. The second-order valence-electron chi connectivity index (χ2n) is 16.6. The molecule has 1 aromatic carbocycles. The lowest BCUT2D eigenvalue weighted by atomic mass is 9.87. The molecule has 12 nitrogen and oxygen atoms in total. The summed E-state index contributed by atoms with van der Waals surface area (Å²) >= 11 is 0. The van der Waals surface area contributed by atoms with E-state index in [9.17, 15) is 19.2 Å². The fourth-order valence-electron chi connectivity index (χ4n) is 9.04. The van der Waals surface area contributed by atoms with Gasteiger partial charge in [-0.15, -0.1) is 0 Å². The van der Waals surface area contributed by atoms with Crippen LogP contribution in [0.1, 0.15) is 109 Å². The Morgan fingerprint density at radius 3 is 1.48 bits per heavy atom. The van der Waals surface area contributed by atoms with E-state index < -0.39 is 48.1 Å². The van der Waals surface area contributed by atoms with Crippen LogP contribution in [0, 0.1) is 23.7 Å². The van der Waals surface area contributed by atoms with Gasteiger partial charge in [0.15, 0.2) is 0 Å². The molecule has 0 N–H and O–H groups in total. The topological polar surface area (TPSA) is 130 Å². The van der Waals surface area contributed by atoms with Crippen LogP contribution in [-0.4, -0.2) is 118 Å². The standard InChI is InChI=1S/C49H72N2O10/c1-4-6-7-8-9-10-11-12-13-14-15-16-17-21-29-50-46(52)44-40(61-41(28-31-57-5-2)45(44)47(50)53)27-26-39-43-42(38(60-39)25-24-37-22-19-18-20-23-37)48(54)51(49(43)55)30-32-58-35-36-59-34-33-56-3/h18-20,22-28,31,38-45H,4-17,21,29-30,32-36H2,1-3H3/b25-24-,27-26-,31-28-/t38?,39?,40?,41?,42-,43+,44-,45+/m0/s1. The van der Waals surface area contributed by atoms with Gasteiger partial charge in [0.2, 0.25) is 23.6 Å². The molecule has 4 aliphatic rings. The van der Waals surface area contributed by atoms with Crippen LogP contribution in [0.3, 0.4) is 0 Å². The lowest BCUT2D eigenvalue weighted by Gasteiger charge is -2.21. The number of hydrogen-bond donors (Lipinski definition) is 0. The van der Waals surface area contributed by atoms with Crippen molar-refractivity contribution >= 4 is 29.7 Å². The zero-order valence-corrected chi connectivity index (χ0v) is 37.0. The maximum atomic E-state index is 14.0. The fourth-order valence-corrected chi connectivity index (χ4v) is 9.04. The van der Waals surface area contributed by atoms with Gasteiger partial charge in [0, 0.05) is 13.7 Å². The molecule has 0 aromatic heterocycles. The minimum Gasteiger partial charge on any atom is -0.502 e. The summed E-state index contributed by atoms with van der Waals surface area (Å²) in [5, 5.41) is 0. The van der Waals surface area contributed by atoms with Crippen LogP contribution in [0.5, 0.6) is 0 Å². The summed E-state index contributed by atoms with van der Waals surface area (Å²) < 4.78 is 34.4. The lowest BCUT2D eigenvalue weighted by Crippen LogP contribution is -2.38. The normalized spacial score (nSPS) is 26.3. The SMILES string of the molecule is CCCCCCCCCCCCCCCCN1C(=O)[C@@H]2C(/C=C\OCC)OC(/C=C\C3OC(/C=C\c4ccccc4)[C@@H]4C(=O)N(CCOCCOCCOC)C(=O)[C@H]34)[C@@H]2C1=O. The minimum absolute atomic E-state index is 0.114. The Balaban J connectivity index is 1.18. The molecule has 0 bridgehead atoms. The maximum absolute atomic E-state index is 14.0. The Bertz CT molecular complexity index is 1580. The van der Waals surface area contributed by atoms with Crippen molar-refractivity contribution in [3.8, 4) is 0 Å². The predicted octanol–water partition coefficient (Wildman–Crippen LogP) is 7.70. The first-order chi connectivity index (χ1) is 29.9. The van der Waals surface area contributed by atoms with E-state index >= 15 is 0 Å². The molecule has 5 rings (SSSR count). The number of fused-ring (bicyclic) bond motifs is 2. The molecule has 0 radical (unpaired) electrons. The highest BCUT2D eigenvalue weighted by molar-refractivity contribution is 6.07. The molecular formula is C49H72N2O10. The Morgan fingerprint density at radius 1 is 0.525 bits per heavy atom. The van der Waals surface area contributed by atoms with Gasteiger partial charge in [0.25, 0.3) is 0 Å². The summed E-state index contributed by atoms with van der Waals surface area (Å²) in [6.45, 7) is 6.92. The Morgan fingerprint density at radius 2 is 0.967 bits per heavy atom. The van der Waals surface area contributed by atoms with E-state index in [1.807, 2.05) is 49.4 Å². The molecule has 12 heteroatoms. The van der Waals surface area contributed by atoms with Gasteiger partial charge in [-0.25, -0.2) is 0 Å². The van der Waals surface area contributed by atoms with Crippen molar-refractivity contribution < 1.29 is 47.6 Å². The monoisotopic (exact) mass is 849 g/mol. The van der Waals surface area contributed by atoms with Gasteiger partial charge in [-0.3, -0.25) is 29.0 Å². The molecule has 0 saturated carbocycles. The molecule has 8 atom stereocenters. The molecule has 61 heavy (non-hydrogen) atoms. The van der Waals surface area contributed by atoms with E-state index in [1.54, 1.807) is 25.3 Å². The number of methoxy groups -OCH3 is 1. The average Bonchev–Trinajstić information content (AvgIpc) is 3.97. The maximum Gasteiger partial charge on any atom is 0.236 e. The Hall–Kier alpha value is -3.68. The smallest absolute Gasteiger partial charge is 0.236 e. The average molecular weight is 849 g/mol. The summed E-state index contributed by atoms with van der Waals surface area (Å²) in [5.41, 5.74) is 0.941. The van der Waals surface area contributed by atoms with Crippen molar-refractivity contribution in [2.24, 2.45) is 23.7 Å². The summed E-state index contributed by atoms with van der Waals surface area (Å²) in [6, 6.07) is 9.70. The first kappa shape index (κ1) is 48.4. The molecule has 1 aromatic rings. The van der Waals surface area contributed by atoms with Gasteiger partial charge < -0.3 is 28.4 Å². The third-order valence-corrected chi connectivity index (χ3v) is 12.3. The molecule has 4 saturated heterocycles. The van der Waals surface area contributed by atoms with E-state index in [0.29, 0.717) is 39.6 Å². The van der Waals surface area contributed by atoms with Crippen LogP contribution in [0.15, 0.2) is 60.9 Å². The highest BCUT2D eigenvalue weighted by atomic mass is 16.5. The van der Waals surface area contributed by atoms with E-state index in [-0.39, 0.29) is 36.8 Å². The van der Waals surface area contributed by atoms with E-state index in [4.69, 9.17) is 28.4 Å². The second-order valence-corrected chi connectivity index (χ2v) is 16.6. The molecule has 0 spiro atoms. The molecule has 338 valence electrons. The summed E-state index contributed by atoms with van der Waals surface area (Å²) in [5.74, 6) is -3.97. The van der Waals surface area contributed by atoms with Gasteiger partial charge in [-0.1, -0.05) is 145 Å². The molecule has 4 amide bonds. The second kappa shape index (κ2) is 26.7. The highest BCUT2D eigenvalue weighted by Crippen LogP contribution is 2.44. The number of carbonyl (C=O) groups is 4. The van der Waals surface area contributed by atoms with Crippen molar-refractivity contribution in [2.45, 2.75) is 128 Å². The quantitative estimate of drug-likeness (QED) is 0.0317. The van der Waals surface area contributed by atoms with Crippen molar-refractivity contribution in [2.75, 3.05) is 59.8 Å². The van der Waals surface area contributed by atoms with Gasteiger partial charge >= 0.3 is 0 Å². The number of amides is 4. The van der Waals surface area contributed by atoms with E-state index in [1.165, 1.54) is 86.7 Å². The molecule has 4 fully saturated rings. The number of rotatable bonds is 31. The Labute approximate surface area is 364 Å². The fraction of sp³-hybridized carbons (Fsp3) is 0.673. The van der Waals surface area contributed by atoms with Crippen LogP contribution in [0.2, 0.25) is 0 Å². The van der Waals surface area contributed by atoms with Crippen LogP contribution in [0.4, 0.5) is 0 Å². The first-order valence-corrected chi connectivity index (χ1v) is 23.3. The summed E-state index contributed by atoms with van der Waals surface area (Å²) in [6.07, 6.45) is 24.9. The number of imide groups is 2. The van der Waals surface area contributed by atoms with Crippen molar-refractivity contribution in [1.29, 1.82) is 0 Å². The molecule has 0 aliphatic carbocycles. The van der Waals surface area contributed by atoms with Crippen LogP contribution < -0.4 is 0 Å². The molecule has 4 unspecified atom stereocenters.